The highest BCUT2D eigenvalue weighted by Gasteiger charge is 2.18. The fourth-order valence-electron chi connectivity index (χ4n) is 2.61. The number of carbonyl (C=O) groups is 1. The van der Waals surface area contributed by atoms with Gasteiger partial charge in [0, 0.05) is 17.5 Å². The van der Waals surface area contributed by atoms with Gasteiger partial charge in [-0.3, -0.25) is 9.69 Å². The molecule has 1 amide bonds. The normalized spacial score (nSPS) is 11.6. The second kappa shape index (κ2) is 9.12. The zero-order valence-electron chi connectivity index (χ0n) is 15.7. The molecule has 7 heteroatoms. The van der Waals surface area contributed by atoms with Crippen molar-refractivity contribution in [3.63, 3.8) is 0 Å². The van der Waals surface area contributed by atoms with Gasteiger partial charge >= 0.3 is 0 Å². The van der Waals surface area contributed by atoms with Crippen LogP contribution in [-0.2, 0) is 4.79 Å². The highest BCUT2D eigenvalue weighted by Crippen LogP contribution is 2.31. The van der Waals surface area contributed by atoms with Gasteiger partial charge in [-0.05, 0) is 62.8 Å². The van der Waals surface area contributed by atoms with Crippen LogP contribution in [0.2, 0.25) is 0 Å². The third-order valence-electron chi connectivity index (χ3n) is 4.00. The molecule has 3 aromatic rings. The predicted octanol–water partition coefficient (Wildman–Crippen LogP) is 4.36. The summed E-state index contributed by atoms with van der Waals surface area (Å²) in [6.45, 7) is 1.54. The first-order chi connectivity index (χ1) is 13.1. The molecule has 0 spiro atoms. The van der Waals surface area contributed by atoms with E-state index in [4.69, 9.17) is 4.74 Å². The maximum absolute atomic E-state index is 12.9. The molecule has 0 aliphatic carbocycles. The average Bonchev–Trinajstić information content (AvgIpc) is 3.31. The minimum absolute atomic E-state index is 0.0480. The lowest BCUT2D eigenvalue weighted by molar-refractivity contribution is -0.114. The Morgan fingerprint density at radius 2 is 2.11 bits per heavy atom. The van der Waals surface area contributed by atoms with Crippen LogP contribution in [0.15, 0.2) is 41.8 Å². The highest BCUT2D eigenvalue weighted by molar-refractivity contribution is 7.22. The van der Waals surface area contributed by atoms with Crippen LogP contribution in [0.5, 0.6) is 5.75 Å². The summed E-state index contributed by atoms with van der Waals surface area (Å²) >= 11 is 3.13. The molecule has 1 aromatic carbocycles. The third kappa shape index (κ3) is 5.15. The number of hydrogen-bond acceptors (Lipinski definition) is 6. The van der Waals surface area contributed by atoms with Crippen LogP contribution in [0.3, 0.4) is 0 Å². The Morgan fingerprint density at radius 1 is 1.26 bits per heavy atom. The van der Waals surface area contributed by atoms with E-state index >= 15 is 0 Å². The van der Waals surface area contributed by atoms with E-state index in [1.54, 1.807) is 29.4 Å². The molecule has 0 saturated carbocycles. The molecule has 5 nitrogen and oxygen atoms in total. The lowest BCUT2D eigenvalue weighted by Crippen LogP contribution is -2.32. The molecule has 0 bridgehead atoms. The number of fused-ring (bicyclic) bond motifs is 1. The van der Waals surface area contributed by atoms with Gasteiger partial charge in [-0.1, -0.05) is 17.4 Å². The van der Waals surface area contributed by atoms with Crippen molar-refractivity contribution in [2.24, 2.45) is 0 Å². The Bertz CT molecular complexity index is 917. The molecule has 0 radical (unpaired) electrons. The maximum Gasteiger partial charge on any atom is 0.252 e. The molecular weight excluding hydrogens is 378 g/mol. The number of anilines is 1. The summed E-state index contributed by atoms with van der Waals surface area (Å²) in [5.41, 5.74) is 0.878. The van der Waals surface area contributed by atoms with Crippen molar-refractivity contribution in [2.75, 3.05) is 39.2 Å². The van der Waals surface area contributed by atoms with Gasteiger partial charge in [0.1, 0.15) is 5.75 Å². The predicted molar refractivity (Wildman–Crippen MR) is 115 cm³/mol. The molecular formula is C20H23N3O2S2. The number of carbonyl (C=O) groups excluding carboxylic acids is 1. The summed E-state index contributed by atoms with van der Waals surface area (Å²) in [6.07, 6.45) is 4.38. The fraction of sp³-hybridized carbons (Fsp3) is 0.300. The summed E-state index contributed by atoms with van der Waals surface area (Å²) in [7, 11) is 5.72. The smallest absolute Gasteiger partial charge is 0.252 e. The van der Waals surface area contributed by atoms with E-state index in [9.17, 15) is 4.79 Å². The summed E-state index contributed by atoms with van der Waals surface area (Å²) in [4.78, 5) is 22.5. The molecule has 0 saturated heterocycles. The van der Waals surface area contributed by atoms with E-state index in [-0.39, 0.29) is 5.91 Å². The molecule has 0 unspecified atom stereocenters. The molecule has 2 heterocycles. The molecule has 0 N–H and O–H groups in total. The zero-order valence-corrected chi connectivity index (χ0v) is 17.3. The second-order valence-electron chi connectivity index (χ2n) is 6.33. The van der Waals surface area contributed by atoms with Crippen LogP contribution in [-0.4, -0.2) is 50.1 Å². The van der Waals surface area contributed by atoms with Gasteiger partial charge < -0.3 is 9.64 Å². The topological polar surface area (TPSA) is 45.7 Å². The van der Waals surface area contributed by atoms with Gasteiger partial charge in [0.15, 0.2) is 5.13 Å². The summed E-state index contributed by atoms with van der Waals surface area (Å²) in [5, 5.41) is 2.72. The Kier molecular flexibility index (Phi) is 6.60. The number of benzene rings is 1. The Hall–Kier alpha value is -2.22. The van der Waals surface area contributed by atoms with Crippen molar-refractivity contribution in [3.8, 4) is 5.75 Å². The van der Waals surface area contributed by atoms with E-state index in [2.05, 4.69) is 9.88 Å². The van der Waals surface area contributed by atoms with Crippen LogP contribution in [0.25, 0.3) is 16.3 Å². The van der Waals surface area contributed by atoms with Gasteiger partial charge in [-0.2, -0.15) is 0 Å². The molecule has 2 aromatic heterocycles. The van der Waals surface area contributed by atoms with E-state index in [1.807, 2.05) is 55.9 Å². The first kappa shape index (κ1) is 19.5. The van der Waals surface area contributed by atoms with Crippen molar-refractivity contribution >= 4 is 50.0 Å². The fourth-order valence-corrected chi connectivity index (χ4v) is 4.25. The molecule has 27 heavy (non-hydrogen) atoms. The molecule has 0 aliphatic rings. The standard InChI is InChI=1S/C20H23N3O2S2/c1-22(2)11-5-12-23(19(24)10-8-16-6-4-13-26-16)20-21-17-9-7-15(25-3)14-18(17)27-20/h4,6-10,13-14H,5,11-12H2,1-3H3/b10-8+. The van der Waals surface area contributed by atoms with E-state index in [1.165, 1.54) is 11.3 Å². The molecule has 142 valence electrons. The first-order valence-corrected chi connectivity index (χ1v) is 10.4. The Labute approximate surface area is 167 Å². The summed E-state index contributed by atoms with van der Waals surface area (Å²) < 4.78 is 6.30. The molecule has 3 rings (SSSR count). The van der Waals surface area contributed by atoms with Crippen molar-refractivity contribution in [2.45, 2.75) is 6.42 Å². The lowest BCUT2D eigenvalue weighted by Gasteiger charge is -2.19. The number of ether oxygens (including phenoxy) is 1. The van der Waals surface area contributed by atoms with Crippen molar-refractivity contribution in [3.05, 3.63) is 46.7 Å². The number of rotatable bonds is 8. The minimum atomic E-state index is -0.0480. The van der Waals surface area contributed by atoms with Crippen molar-refractivity contribution < 1.29 is 9.53 Å². The summed E-state index contributed by atoms with van der Waals surface area (Å²) in [6, 6.07) is 9.75. The van der Waals surface area contributed by atoms with Crippen molar-refractivity contribution in [1.29, 1.82) is 0 Å². The lowest BCUT2D eigenvalue weighted by atomic mass is 10.3. The van der Waals surface area contributed by atoms with Crippen LogP contribution in [0, 0.1) is 0 Å². The van der Waals surface area contributed by atoms with E-state index in [0.717, 1.165) is 38.9 Å². The quantitative estimate of drug-likeness (QED) is 0.526. The zero-order chi connectivity index (χ0) is 19.2. The molecule has 0 atom stereocenters. The van der Waals surface area contributed by atoms with Gasteiger partial charge in [0.25, 0.3) is 5.91 Å². The third-order valence-corrected chi connectivity index (χ3v) is 5.88. The number of amides is 1. The van der Waals surface area contributed by atoms with Crippen LogP contribution >= 0.6 is 22.7 Å². The summed E-state index contributed by atoms with van der Waals surface area (Å²) in [5.74, 6) is 0.744. The Morgan fingerprint density at radius 3 is 2.81 bits per heavy atom. The average molecular weight is 402 g/mol. The number of thiophene rings is 1. The van der Waals surface area contributed by atoms with Gasteiger partial charge in [-0.15, -0.1) is 11.3 Å². The van der Waals surface area contributed by atoms with Crippen LogP contribution < -0.4 is 9.64 Å². The van der Waals surface area contributed by atoms with Crippen molar-refractivity contribution in [1.82, 2.24) is 9.88 Å². The van der Waals surface area contributed by atoms with E-state index in [0.29, 0.717) is 6.54 Å². The molecule has 0 fully saturated rings. The largest absolute Gasteiger partial charge is 0.497 e. The van der Waals surface area contributed by atoms with Gasteiger partial charge in [0.05, 0.1) is 17.3 Å². The maximum atomic E-state index is 12.9. The van der Waals surface area contributed by atoms with Gasteiger partial charge in [-0.25, -0.2) is 4.98 Å². The number of nitrogens with zero attached hydrogens (tertiary/aromatic N) is 3. The minimum Gasteiger partial charge on any atom is -0.497 e. The number of thiazole rings is 1. The van der Waals surface area contributed by atoms with Gasteiger partial charge in [0.2, 0.25) is 0 Å². The second-order valence-corrected chi connectivity index (χ2v) is 8.31. The van der Waals surface area contributed by atoms with Crippen LogP contribution in [0.4, 0.5) is 5.13 Å². The molecule has 0 aliphatic heterocycles. The number of methoxy groups -OCH3 is 1. The monoisotopic (exact) mass is 401 g/mol. The first-order valence-electron chi connectivity index (χ1n) is 8.69. The number of aromatic nitrogens is 1. The van der Waals surface area contributed by atoms with E-state index < -0.39 is 0 Å². The SMILES string of the molecule is COc1ccc2nc(N(CCCN(C)C)C(=O)/C=C/c3cccs3)sc2c1. The Balaban J connectivity index is 1.85. The van der Waals surface area contributed by atoms with Crippen LogP contribution in [0.1, 0.15) is 11.3 Å². The highest BCUT2D eigenvalue weighted by atomic mass is 32.1. The number of hydrogen-bond donors (Lipinski definition) is 0.